The van der Waals surface area contributed by atoms with E-state index in [4.69, 9.17) is 18.9 Å². The molecule has 0 saturated heterocycles. The van der Waals surface area contributed by atoms with Crippen LogP contribution in [0.4, 0.5) is 0 Å². The third-order valence-electron chi connectivity index (χ3n) is 2.41. The Morgan fingerprint density at radius 2 is 1.05 bits per heavy atom. The molecular formula is C14H32N2O4. The third kappa shape index (κ3) is 17.8. The van der Waals surface area contributed by atoms with Crippen molar-refractivity contribution in [3.63, 3.8) is 0 Å². The van der Waals surface area contributed by atoms with Crippen LogP contribution in [0.1, 0.15) is 13.8 Å². The van der Waals surface area contributed by atoms with Crippen molar-refractivity contribution in [3.8, 4) is 0 Å². The van der Waals surface area contributed by atoms with Gasteiger partial charge in [-0.05, 0) is 7.05 Å². The van der Waals surface area contributed by atoms with E-state index in [1.54, 1.807) is 0 Å². The Bertz CT molecular complexity index is 183. The van der Waals surface area contributed by atoms with Crippen molar-refractivity contribution < 1.29 is 18.9 Å². The highest BCUT2D eigenvalue weighted by atomic mass is 16.6. The van der Waals surface area contributed by atoms with E-state index in [2.05, 4.69) is 24.5 Å². The first-order valence-electron chi connectivity index (χ1n) is 7.46. The summed E-state index contributed by atoms with van der Waals surface area (Å²) in [5.41, 5.74) is 0. The molecule has 6 nitrogen and oxygen atoms in total. The van der Waals surface area contributed by atoms with Crippen molar-refractivity contribution in [2.45, 2.75) is 19.9 Å². The molecule has 0 fully saturated rings. The first-order valence-corrected chi connectivity index (χ1v) is 7.46. The predicted octanol–water partition coefficient (Wildman–Crippen LogP) is 0.270. The van der Waals surface area contributed by atoms with Crippen molar-refractivity contribution in [1.29, 1.82) is 0 Å². The minimum Gasteiger partial charge on any atom is -0.378 e. The molecule has 0 aliphatic heterocycles. The van der Waals surface area contributed by atoms with Gasteiger partial charge in [0.05, 0.1) is 52.9 Å². The van der Waals surface area contributed by atoms with Crippen LogP contribution >= 0.6 is 0 Å². The van der Waals surface area contributed by atoms with Crippen LogP contribution in [0.2, 0.25) is 0 Å². The van der Waals surface area contributed by atoms with Crippen molar-refractivity contribution >= 4 is 0 Å². The van der Waals surface area contributed by atoms with Gasteiger partial charge in [-0.15, -0.1) is 0 Å². The number of hydrogen-bond donors (Lipinski definition) is 2. The second kappa shape index (κ2) is 16.8. The summed E-state index contributed by atoms with van der Waals surface area (Å²) in [5.74, 6) is 0. The minimum absolute atomic E-state index is 0.509. The Morgan fingerprint density at radius 3 is 1.45 bits per heavy atom. The fourth-order valence-corrected chi connectivity index (χ4v) is 1.36. The lowest BCUT2D eigenvalue weighted by Gasteiger charge is -2.09. The summed E-state index contributed by atoms with van der Waals surface area (Å²) in [5, 5.41) is 6.30. The lowest BCUT2D eigenvalue weighted by atomic mass is 10.4. The van der Waals surface area contributed by atoms with Gasteiger partial charge < -0.3 is 29.6 Å². The molecule has 0 aliphatic rings. The Kier molecular flexibility index (Phi) is 16.6. The average Bonchev–Trinajstić information content (AvgIpc) is 2.43. The van der Waals surface area contributed by atoms with Gasteiger partial charge in [0, 0.05) is 19.1 Å². The molecule has 0 heterocycles. The number of ether oxygens (including phenoxy) is 4. The highest BCUT2D eigenvalue weighted by Gasteiger charge is 1.94. The first-order chi connectivity index (χ1) is 9.77. The molecule has 2 N–H and O–H groups in total. The number of nitrogens with one attached hydrogen (secondary N) is 2. The highest BCUT2D eigenvalue weighted by Crippen LogP contribution is 1.83. The molecule has 0 unspecified atom stereocenters. The van der Waals surface area contributed by atoms with E-state index < -0.39 is 0 Å². The van der Waals surface area contributed by atoms with E-state index >= 15 is 0 Å². The molecule has 0 saturated carbocycles. The fourth-order valence-electron chi connectivity index (χ4n) is 1.36. The second-order valence-corrected chi connectivity index (χ2v) is 4.66. The predicted molar refractivity (Wildman–Crippen MR) is 80.3 cm³/mol. The van der Waals surface area contributed by atoms with Crippen LogP contribution in [0.15, 0.2) is 0 Å². The van der Waals surface area contributed by atoms with E-state index in [0.717, 1.165) is 26.3 Å². The summed E-state index contributed by atoms with van der Waals surface area (Å²) in [4.78, 5) is 0. The van der Waals surface area contributed by atoms with Crippen molar-refractivity contribution in [3.05, 3.63) is 0 Å². The molecule has 6 heteroatoms. The third-order valence-corrected chi connectivity index (χ3v) is 2.41. The van der Waals surface area contributed by atoms with E-state index in [1.165, 1.54) is 0 Å². The lowest BCUT2D eigenvalue weighted by Crippen LogP contribution is -2.27. The first kappa shape index (κ1) is 19.8. The quantitative estimate of drug-likeness (QED) is 0.398. The largest absolute Gasteiger partial charge is 0.378 e. The smallest absolute Gasteiger partial charge is 0.0701 e. The molecule has 0 atom stereocenters. The molecular weight excluding hydrogens is 260 g/mol. The highest BCUT2D eigenvalue weighted by molar-refractivity contribution is 4.50. The van der Waals surface area contributed by atoms with Gasteiger partial charge in [0.2, 0.25) is 0 Å². The number of likely N-dealkylation sites (N-methyl/N-ethyl adjacent to an activating group) is 1. The van der Waals surface area contributed by atoms with Gasteiger partial charge in [-0.3, -0.25) is 0 Å². The lowest BCUT2D eigenvalue weighted by molar-refractivity contribution is -0.00108. The summed E-state index contributed by atoms with van der Waals surface area (Å²) >= 11 is 0. The molecule has 20 heavy (non-hydrogen) atoms. The zero-order valence-corrected chi connectivity index (χ0v) is 13.3. The van der Waals surface area contributed by atoms with Crippen molar-refractivity contribution in [1.82, 2.24) is 10.6 Å². The maximum atomic E-state index is 5.41. The molecule has 0 aliphatic carbocycles. The van der Waals surface area contributed by atoms with Crippen LogP contribution < -0.4 is 10.6 Å². The maximum absolute atomic E-state index is 5.41. The SMILES string of the molecule is CNCCOCCOCCOCCOCCNC(C)C. The van der Waals surface area contributed by atoms with Crippen LogP contribution in [-0.4, -0.2) is 79.0 Å². The van der Waals surface area contributed by atoms with Crippen molar-refractivity contribution in [2.75, 3.05) is 73.0 Å². The fraction of sp³-hybridized carbons (Fsp3) is 1.00. The zero-order chi connectivity index (χ0) is 14.9. The Morgan fingerprint density at radius 1 is 0.650 bits per heavy atom. The molecule has 122 valence electrons. The van der Waals surface area contributed by atoms with Gasteiger partial charge >= 0.3 is 0 Å². The maximum Gasteiger partial charge on any atom is 0.0701 e. The van der Waals surface area contributed by atoms with Gasteiger partial charge in [0.15, 0.2) is 0 Å². The normalized spacial score (nSPS) is 11.4. The molecule has 0 aromatic heterocycles. The van der Waals surface area contributed by atoms with Gasteiger partial charge in [0.1, 0.15) is 0 Å². The standard InChI is InChI=1S/C14H32N2O4/c1-14(2)16-5-7-18-9-11-20-13-12-19-10-8-17-6-4-15-3/h14-16H,4-13H2,1-3H3. The summed E-state index contributed by atoms with van der Waals surface area (Å²) < 4.78 is 21.5. The van der Waals surface area contributed by atoms with E-state index in [9.17, 15) is 0 Å². The van der Waals surface area contributed by atoms with E-state index in [0.29, 0.717) is 45.7 Å². The number of rotatable bonds is 16. The summed E-state index contributed by atoms with van der Waals surface area (Å²) in [6, 6.07) is 0.509. The molecule has 0 rings (SSSR count). The molecule has 0 bridgehead atoms. The summed E-state index contributed by atoms with van der Waals surface area (Å²) in [7, 11) is 1.90. The van der Waals surface area contributed by atoms with Crippen LogP contribution in [0.3, 0.4) is 0 Å². The van der Waals surface area contributed by atoms with Gasteiger partial charge in [-0.25, -0.2) is 0 Å². The summed E-state index contributed by atoms with van der Waals surface area (Å²) in [6.07, 6.45) is 0. The van der Waals surface area contributed by atoms with Crippen molar-refractivity contribution in [2.24, 2.45) is 0 Å². The minimum atomic E-state index is 0.509. The second-order valence-electron chi connectivity index (χ2n) is 4.66. The van der Waals surface area contributed by atoms with E-state index in [1.807, 2.05) is 7.05 Å². The molecule has 0 amide bonds. The van der Waals surface area contributed by atoms with Gasteiger partial charge in [-0.1, -0.05) is 13.8 Å². The topological polar surface area (TPSA) is 61.0 Å². The molecule has 0 aromatic rings. The Balaban J connectivity index is 2.92. The van der Waals surface area contributed by atoms with Crippen LogP contribution in [0.25, 0.3) is 0 Å². The van der Waals surface area contributed by atoms with Crippen LogP contribution in [-0.2, 0) is 18.9 Å². The monoisotopic (exact) mass is 292 g/mol. The van der Waals surface area contributed by atoms with Crippen LogP contribution in [0, 0.1) is 0 Å². The summed E-state index contributed by atoms with van der Waals surface area (Å²) in [6.45, 7) is 11.1. The Labute approximate surface area is 123 Å². The van der Waals surface area contributed by atoms with Gasteiger partial charge in [-0.2, -0.15) is 0 Å². The molecule has 0 spiro atoms. The van der Waals surface area contributed by atoms with Crippen LogP contribution in [0.5, 0.6) is 0 Å². The van der Waals surface area contributed by atoms with E-state index in [-0.39, 0.29) is 0 Å². The molecule has 0 aromatic carbocycles. The average molecular weight is 292 g/mol. The zero-order valence-electron chi connectivity index (χ0n) is 13.3. The molecule has 0 radical (unpaired) electrons. The Hall–Kier alpha value is -0.240. The number of hydrogen-bond acceptors (Lipinski definition) is 6. The van der Waals surface area contributed by atoms with Gasteiger partial charge in [0.25, 0.3) is 0 Å².